The Kier molecular flexibility index (Phi) is 5.37. The Bertz CT molecular complexity index is 898. The molecule has 2 aromatic carbocycles. The van der Waals surface area contributed by atoms with Crippen molar-refractivity contribution >= 4 is 39.9 Å². The molecule has 0 saturated carbocycles. The van der Waals surface area contributed by atoms with E-state index >= 15 is 0 Å². The summed E-state index contributed by atoms with van der Waals surface area (Å²) in [5, 5.41) is 14.7. The minimum atomic E-state index is -0.383. The van der Waals surface area contributed by atoms with Crippen LogP contribution < -0.4 is 10.6 Å². The molecule has 0 bridgehead atoms. The fraction of sp³-hybridized carbons (Fsp3) is 0.0588. The second-order valence-corrected chi connectivity index (χ2v) is 6.43. The van der Waals surface area contributed by atoms with Crippen molar-refractivity contribution in [3.63, 3.8) is 0 Å². The van der Waals surface area contributed by atoms with Gasteiger partial charge >= 0.3 is 0 Å². The number of halogens is 1. The van der Waals surface area contributed by atoms with Gasteiger partial charge in [-0.15, -0.1) is 10.2 Å². The highest BCUT2D eigenvalue weighted by Crippen LogP contribution is 2.25. The second kappa shape index (κ2) is 7.87. The van der Waals surface area contributed by atoms with E-state index in [9.17, 15) is 9.59 Å². The molecular weight excluding hydrogens is 360 g/mol. The Labute approximate surface area is 152 Å². The first kappa shape index (κ1) is 17.1. The Morgan fingerprint density at radius 3 is 2.60 bits per heavy atom. The minimum absolute atomic E-state index is 0.175. The van der Waals surface area contributed by atoms with Crippen molar-refractivity contribution in [1.82, 2.24) is 15.5 Å². The first-order chi connectivity index (χ1) is 12.1. The third-order valence-electron chi connectivity index (χ3n) is 3.19. The van der Waals surface area contributed by atoms with Crippen LogP contribution in [0.1, 0.15) is 10.4 Å². The van der Waals surface area contributed by atoms with Crippen molar-refractivity contribution in [2.45, 2.75) is 0 Å². The number of nitrogens with zero attached hydrogens (tertiary/aromatic N) is 2. The van der Waals surface area contributed by atoms with Gasteiger partial charge in [-0.1, -0.05) is 59.3 Å². The molecule has 0 aliphatic carbocycles. The summed E-state index contributed by atoms with van der Waals surface area (Å²) in [5.41, 5.74) is 1.32. The molecule has 0 fully saturated rings. The molecule has 0 aliphatic rings. The SMILES string of the molecule is O=C(CNC(=O)c1cccc(Cl)c1)Nc1nnc(-c2ccccc2)s1. The summed E-state index contributed by atoms with van der Waals surface area (Å²) in [6.45, 7) is -0.175. The molecule has 0 aliphatic heterocycles. The Hall–Kier alpha value is -2.77. The predicted molar refractivity (Wildman–Crippen MR) is 97.8 cm³/mol. The summed E-state index contributed by atoms with van der Waals surface area (Å²) >= 11 is 7.10. The number of nitrogens with one attached hydrogen (secondary N) is 2. The number of carbonyl (C=O) groups is 2. The molecule has 0 atom stereocenters. The zero-order chi connectivity index (χ0) is 17.6. The summed E-state index contributed by atoms with van der Waals surface area (Å²) in [6, 6.07) is 16.0. The van der Waals surface area contributed by atoms with E-state index in [1.54, 1.807) is 18.2 Å². The zero-order valence-electron chi connectivity index (χ0n) is 12.9. The van der Waals surface area contributed by atoms with Crippen LogP contribution in [0.5, 0.6) is 0 Å². The van der Waals surface area contributed by atoms with Crippen LogP contribution in [0.2, 0.25) is 5.02 Å². The minimum Gasteiger partial charge on any atom is -0.343 e. The van der Waals surface area contributed by atoms with Crippen molar-refractivity contribution in [2.75, 3.05) is 11.9 Å². The highest BCUT2D eigenvalue weighted by atomic mass is 35.5. The molecule has 0 unspecified atom stereocenters. The summed E-state index contributed by atoms with van der Waals surface area (Å²) in [7, 11) is 0. The highest BCUT2D eigenvalue weighted by molar-refractivity contribution is 7.18. The van der Waals surface area contributed by atoms with E-state index in [0.29, 0.717) is 20.7 Å². The van der Waals surface area contributed by atoms with Gasteiger partial charge in [0.15, 0.2) is 0 Å². The van der Waals surface area contributed by atoms with E-state index in [1.165, 1.54) is 17.4 Å². The number of hydrogen-bond donors (Lipinski definition) is 2. The normalized spacial score (nSPS) is 10.3. The monoisotopic (exact) mass is 372 g/mol. The average molecular weight is 373 g/mol. The van der Waals surface area contributed by atoms with Crippen LogP contribution in [0.3, 0.4) is 0 Å². The van der Waals surface area contributed by atoms with Crippen molar-refractivity contribution in [3.8, 4) is 10.6 Å². The molecule has 0 radical (unpaired) electrons. The summed E-state index contributed by atoms with van der Waals surface area (Å²) < 4.78 is 0. The van der Waals surface area contributed by atoms with Crippen LogP contribution in [0.15, 0.2) is 54.6 Å². The first-order valence-electron chi connectivity index (χ1n) is 7.34. The fourth-order valence-electron chi connectivity index (χ4n) is 2.03. The standard InChI is InChI=1S/C17H13ClN4O2S/c18-13-8-4-7-12(9-13)15(24)19-10-14(23)20-17-22-21-16(25-17)11-5-2-1-3-6-11/h1-9H,10H2,(H,19,24)(H,20,22,23). The van der Waals surface area contributed by atoms with E-state index < -0.39 is 0 Å². The maximum Gasteiger partial charge on any atom is 0.251 e. The van der Waals surface area contributed by atoms with Gasteiger partial charge < -0.3 is 5.32 Å². The average Bonchev–Trinajstić information content (AvgIpc) is 3.09. The molecule has 3 rings (SSSR count). The maximum absolute atomic E-state index is 12.0. The van der Waals surface area contributed by atoms with Crippen molar-refractivity contribution in [1.29, 1.82) is 0 Å². The van der Waals surface area contributed by atoms with Gasteiger partial charge in [-0.05, 0) is 18.2 Å². The Morgan fingerprint density at radius 1 is 1.04 bits per heavy atom. The zero-order valence-corrected chi connectivity index (χ0v) is 14.5. The molecule has 2 amide bonds. The van der Waals surface area contributed by atoms with E-state index in [-0.39, 0.29) is 18.4 Å². The lowest BCUT2D eigenvalue weighted by atomic mass is 10.2. The van der Waals surface area contributed by atoms with Crippen molar-refractivity contribution in [2.24, 2.45) is 0 Å². The van der Waals surface area contributed by atoms with Crippen LogP contribution in [0, 0.1) is 0 Å². The van der Waals surface area contributed by atoms with Gasteiger partial charge in [0.05, 0.1) is 6.54 Å². The van der Waals surface area contributed by atoms with E-state index in [4.69, 9.17) is 11.6 Å². The fourth-order valence-corrected chi connectivity index (χ4v) is 2.98. The van der Waals surface area contributed by atoms with Gasteiger partial charge in [0.2, 0.25) is 11.0 Å². The number of benzene rings is 2. The summed E-state index contributed by atoms with van der Waals surface area (Å²) in [4.78, 5) is 23.9. The molecule has 3 aromatic rings. The smallest absolute Gasteiger partial charge is 0.251 e. The maximum atomic E-state index is 12.0. The van der Waals surface area contributed by atoms with Crippen LogP contribution in [0.25, 0.3) is 10.6 Å². The molecule has 25 heavy (non-hydrogen) atoms. The van der Waals surface area contributed by atoms with Gasteiger partial charge in [-0.25, -0.2) is 0 Å². The molecule has 0 saturated heterocycles. The lowest BCUT2D eigenvalue weighted by Crippen LogP contribution is -2.32. The molecule has 1 aromatic heterocycles. The topological polar surface area (TPSA) is 84.0 Å². The van der Waals surface area contributed by atoms with Crippen molar-refractivity contribution < 1.29 is 9.59 Å². The van der Waals surface area contributed by atoms with Gasteiger partial charge in [-0.3, -0.25) is 14.9 Å². The van der Waals surface area contributed by atoms with Crippen LogP contribution >= 0.6 is 22.9 Å². The Morgan fingerprint density at radius 2 is 1.84 bits per heavy atom. The lowest BCUT2D eigenvalue weighted by Gasteiger charge is -2.05. The number of amides is 2. The number of hydrogen-bond acceptors (Lipinski definition) is 5. The van der Waals surface area contributed by atoms with Gasteiger partial charge in [0.1, 0.15) is 5.01 Å². The third kappa shape index (κ3) is 4.62. The lowest BCUT2D eigenvalue weighted by molar-refractivity contribution is -0.115. The van der Waals surface area contributed by atoms with E-state index in [1.807, 2.05) is 30.3 Å². The molecule has 126 valence electrons. The number of carbonyl (C=O) groups excluding carboxylic acids is 2. The third-order valence-corrected chi connectivity index (χ3v) is 4.31. The summed E-state index contributed by atoms with van der Waals surface area (Å²) in [5.74, 6) is -0.758. The highest BCUT2D eigenvalue weighted by Gasteiger charge is 2.11. The summed E-state index contributed by atoms with van der Waals surface area (Å²) in [6.07, 6.45) is 0. The largest absolute Gasteiger partial charge is 0.343 e. The number of rotatable bonds is 5. The number of aromatic nitrogens is 2. The van der Waals surface area contributed by atoms with Crippen molar-refractivity contribution in [3.05, 3.63) is 65.2 Å². The molecule has 6 nitrogen and oxygen atoms in total. The molecule has 2 N–H and O–H groups in total. The predicted octanol–water partition coefficient (Wildman–Crippen LogP) is 3.23. The second-order valence-electron chi connectivity index (χ2n) is 5.02. The van der Waals surface area contributed by atoms with Crippen LogP contribution in [-0.4, -0.2) is 28.6 Å². The number of anilines is 1. The van der Waals surface area contributed by atoms with E-state index in [2.05, 4.69) is 20.8 Å². The van der Waals surface area contributed by atoms with Gasteiger partial charge in [0.25, 0.3) is 5.91 Å². The quantitative estimate of drug-likeness (QED) is 0.720. The van der Waals surface area contributed by atoms with Crippen LogP contribution in [-0.2, 0) is 4.79 Å². The molecular formula is C17H13ClN4O2S. The Balaban J connectivity index is 1.55. The first-order valence-corrected chi connectivity index (χ1v) is 8.54. The molecule has 0 spiro atoms. The van der Waals surface area contributed by atoms with Gasteiger partial charge in [0, 0.05) is 16.1 Å². The van der Waals surface area contributed by atoms with E-state index in [0.717, 1.165) is 5.56 Å². The molecule has 8 heteroatoms. The molecule has 1 heterocycles. The van der Waals surface area contributed by atoms with Crippen LogP contribution in [0.4, 0.5) is 5.13 Å². The van der Waals surface area contributed by atoms with Gasteiger partial charge in [-0.2, -0.15) is 0 Å².